The molecule has 0 saturated heterocycles. The van der Waals surface area contributed by atoms with Gasteiger partial charge in [0.05, 0.1) is 5.52 Å². The second-order valence-corrected chi connectivity index (χ2v) is 11.5. The van der Waals surface area contributed by atoms with E-state index in [1.165, 1.54) is 0 Å². The summed E-state index contributed by atoms with van der Waals surface area (Å²) in [5.74, 6) is 2.49. The third-order valence-corrected chi connectivity index (χ3v) is 8.76. The molecule has 46 heavy (non-hydrogen) atoms. The van der Waals surface area contributed by atoms with Gasteiger partial charge < -0.3 is 4.74 Å². The van der Waals surface area contributed by atoms with Crippen LogP contribution >= 0.6 is 0 Å². The van der Waals surface area contributed by atoms with Gasteiger partial charge in [0.1, 0.15) is 23.0 Å². The summed E-state index contributed by atoms with van der Waals surface area (Å²) in [7, 11) is 0. The second kappa shape index (κ2) is 10.7. The Labute approximate surface area is 266 Å². The molecule has 0 aliphatic carbocycles. The van der Waals surface area contributed by atoms with Gasteiger partial charge in [0, 0.05) is 39.9 Å². The lowest BCUT2D eigenvalue weighted by Gasteiger charge is -2.16. The largest absolute Gasteiger partial charge is 0.456 e. The van der Waals surface area contributed by atoms with Crippen LogP contribution in [0.5, 0.6) is 11.5 Å². The Balaban J connectivity index is 1.24. The van der Waals surface area contributed by atoms with E-state index in [0.29, 0.717) is 0 Å². The van der Waals surface area contributed by atoms with Crippen LogP contribution in [0.15, 0.2) is 152 Å². The number of ether oxygens (including phenoxy) is 1. The average Bonchev–Trinajstić information content (AvgIpc) is 3.44. The van der Waals surface area contributed by atoms with Crippen molar-refractivity contribution in [2.75, 3.05) is 0 Å². The van der Waals surface area contributed by atoms with Crippen LogP contribution in [-0.2, 0) is 0 Å². The highest BCUT2D eigenvalue weighted by atomic mass is 16.5. The summed E-state index contributed by atoms with van der Waals surface area (Å²) in [6.45, 7) is 0. The zero-order valence-electron chi connectivity index (χ0n) is 24.8. The maximum Gasteiger partial charge on any atom is 0.146 e. The number of aromatic nitrogens is 3. The maximum absolute atomic E-state index is 6.73. The van der Waals surface area contributed by atoms with Gasteiger partial charge in [0.25, 0.3) is 0 Å². The van der Waals surface area contributed by atoms with Gasteiger partial charge in [-0.15, -0.1) is 0 Å². The molecule has 9 rings (SSSR count). The molecule has 0 atom stereocenters. The number of para-hydroxylation sites is 3. The van der Waals surface area contributed by atoms with Crippen LogP contribution in [0.3, 0.4) is 0 Å². The first-order valence-electron chi connectivity index (χ1n) is 15.4. The Kier molecular flexibility index (Phi) is 6.10. The van der Waals surface area contributed by atoms with Crippen molar-refractivity contribution in [3.8, 4) is 50.7 Å². The predicted octanol–water partition coefficient (Wildman–Crippen LogP) is 10.9. The van der Waals surface area contributed by atoms with E-state index in [2.05, 4.69) is 125 Å². The summed E-state index contributed by atoms with van der Waals surface area (Å²) < 4.78 is 8.87. The van der Waals surface area contributed by atoms with E-state index in [1.807, 2.05) is 48.8 Å². The SMILES string of the molecule is C1=Cc2ccc(-c3cnc4c(c3)c3ccccc3n4-c3ccccn3)cc2-c2ccccc2Oc2ccccc2-c2ccccc21. The fraction of sp³-hybridized carbons (Fsp3) is 0. The molecule has 0 radical (unpaired) electrons. The Hall–Kier alpha value is -6.26. The van der Waals surface area contributed by atoms with Crippen LogP contribution in [0.2, 0.25) is 0 Å². The zero-order valence-corrected chi connectivity index (χ0v) is 24.8. The van der Waals surface area contributed by atoms with Gasteiger partial charge in [-0.3, -0.25) is 4.57 Å². The van der Waals surface area contributed by atoms with Crippen molar-refractivity contribution in [3.05, 3.63) is 163 Å². The first-order valence-corrected chi connectivity index (χ1v) is 15.4. The predicted molar refractivity (Wildman–Crippen MR) is 188 cm³/mol. The van der Waals surface area contributed by atoms with Gasteiger partial charge >= 0.3 is 0 Å². The minimum absolute atomic E-state index is 0.813. The van der Waals surface area contributed by atoms with Crippen LogP contribution < -0.4 is 4.74 Å². The third-order valence-electron chi connectivity index (χ3n) is 8.76. The van der Waals surface area contributed by atoms with Crippen LogP contribution in [-0.4, -0.2) is 14.5 Å². The molecule has 0 unspecified atom stereocenters. The monoisotopic (exact) mass is 589 g/mol. The van der Waals surface area contributed by atoms with Crippen molar-refractivity contribution in [2.45, 2.75) is 0 Å². The molecule has 1 aliphatic heterocycles. The quantitative estimate of drug-likeness (QED) is 0.201. The van der Waals surface area contributed by atoms with Crippen molar-refractivity contribution >= 4 is 34.1 Å². The van der Waals surface area contributed by atoms with Gasteiger partial charge in [0.15, 0.2) is 0 Å². The van der Waals surface area contributed by atoms with E-state index >= 15 is 0 Å². The number of nitrogens with zero attached hydrogens (tertiary/aromatic N) is 3. The van der Waals surface area contributed by atoms with E-state index in [9.17, 15) is 0 Å². The highest BCUT2D eigenvalue weighted by Gasteiger charge is 2.18. The molecular formula is C42H27N3O. The highest BCUT2D eigenvalue weighted by molar-refractivity contribution is 6.09. The number of hydrogen-bond acceptors (Lipinski definition) is 3. The van der Waals surface area contributed by atoms with Gasteiger partial charge in [-0.2, -0.15) is 0 Å². The fourth-order valence-electron chi connectivity index (χ4n) is 6.58. The average molecular weight is 590 g/mol. The number of pyridine rings is 2. The normalized spacial score (nSPS) is 12.0. The molecule has 0 saturated carbocycles. The van der Waals surface area contributed by atoms with E-state index in [1.54, 1.807) is 0 Å². The molecule has 0 amide bonds. The van der Waals surface area contributed by atoms with Crippen LogP contribution in [0, 0.1) is 0 Å². The minimum Gasteiger partial charge on any atom is -0.456 e. The molecule has 0 bridgehead atoms. The molecule has 4 nitrogen and oxygen atoms in total. The lowest BCUT2D eigenvalue weighted by atomic mass is 9.93. The van der Waals surface area contributed by atoms with Crippen molar-refractivity contribution < 1.29 is 4.74 Å². The summed E-state index contributed by atoms with van der Waals surface area (Å²) in [6.07, 6.45) is 8.21. The maximum atomic E-state index is 6.73. The minimum atomic E-state index is 0.813. The number of benzene rings is 5. The molecule has 0 N–H and O–H groups in total. The lowest BCUT2D eigenvalue weighted by Crippen LogP contribution is -1.97. The van der Waals surface area contributed by atoms with Crippen LogP contribution in [0.1, 0.15) is 11.1 Å². The molecular weight excluding hydrogens is 562 g/mol. The van der Waals surface area contributed by atoms with E-state index in [4.69, 9.17) is 9.72 Å². The second-order valence-electron chi connectivity index (χ2n) is 11.5. The van der Waals surface area contributed by atoms with Crippen LogP contribution in [0.25, 0.3) is 73.3 Å². The smallest absolute Gasteiger partial charge is 0.146 e. The third kappa shape index (κ3) is 4.31. The van der Waals surface area contributed by atoms with Gasteiger partial charge in [0.2, 0.25) is 0 Å². The van der Waals surface area contributed by atoms with E-state index < -0.39 is 0 Å². The van der Waals surface area contributed by atoms with Gasteiger partial charge in [-0.1, -0.05) is 109 Å². The molecule has 4 heterocycles. The Morgan fingerprint density at radius 1 is 0.478 bits per heavy atom. The molecule has 4 heteroatoms. The zero-order chi connectivity index (χ0) is 30.5. The molecule has 8 aromatic rings. The highest BCUT2D eigenvalue weighted by Crippen LogP contribution is 2.43. The topological polar surface area (TPSA) is 39.9 Å². The first-order chi connectivity index (χ1) is 22.8. The molecule has 1 aliphatic rings. The summed E-state index contributed by atoms with van der Waals surface area (Å²) >= 11 is 0. The fourth-order valence-corrected chi connectivity index (χ4v) is 6.58. The first kappa shape index (κ1) is 26.2. The van der Waals surface area contributed by atoms with Crippen molar-refractivity contribution in [1.82, 2.24) is 14.5 Å². The van der Waals surface area contributed by atoms with Crippen molar-refractivity contribution in [2.24, 2.45) is 0 Å². The molecule has 216 valence electrons. The summed E-state index contributed by atoms with van der Waals surface area (Å²) in [5, 5.41) is 2.24. The Bertz CT molecular complexity index is 2460. The Morgan fingerprint density at radius 3 is 1.96 bits per heavy atom. The van der Waals surface area contributed by atoms with Crippen LogP contribution in [0.4, 0.5) is 0 Å². The number of fused-ring (bicyclic) bond motifs is 9. The summed E-state index contributed by atoms with van der Waals surface area (Å²) in [6, 6.07) is 48.3. The molecule has 0 spiro atoms. The van der Waals surface area contributed by atoms with Gasteiger partial charge in [-0.05, 0) is 70.3 Å². The molecule has 0 fully saturated rings. The summed E-state index contributed by atoms with van der Waals surface area (Å²) in [4.78, 5) is 9.68. The van der Waals surface area contributed by atoms with E-state index in [0.717, 1.165) is 83.8 Å². The molecule has 3 aromatic heterocycles. The molecule has 5 aromatic carbocycles. The van der Waals surface area contributed by atoms with Gasteiger partial charge in [-0.25, -0.2) is 9.97 Å². The number of rotatable bonds is 2. The standard InChI is InChI=1S/C42H27N3O/c1-2-12-32-28(11-1)20-21-29-22-23-30(25-36(29)35-15-5-8-18-40(35)46-39-17-7-4-14-34(32)39)31-26-37-33-13-3-6-16-38(33)45(42(37)44-27-31)41-19-9-10-24-43-41/h1-27H. The summed E-state index contributed by atoms with van der Waals surface area (Å²) in [5.41, 5.74) is 10.7. The van der Waals surface area contributed by atoms with Crippen molar-refractivity contribution in [3.63, 3.8) is 0 Å². The number of hydrogen-bond donors (Lipinski definition) is 0. The lowest BCUT2D eigenvalue weighted by molar-refractivity contribution is 0.486. The van der Waals surface area contributed by atoms with Crippen molar-refractivity contribution in [1.29, 1.82) is 0 Å². The Morgan fingerprint density at radius 2 is 1.15 bits per heavy atom. The van der Waals surface area contributed by atoms with E-state index in [-0.39, 0.29) is 0 Å².